The van der Waals surface area contributed by atoms with Gasteiger partial charge in [0.1, 0.15) is 4.99 Å². The number of rotatable bonds is 5. The Bertz CT molecular complexity index is 447. The van der Waals surface area contributed by atoms with Crippen molar-refractivity contribution in [3.05, 3.63) is 35.9 Å². The minimum atomic E-state index is -4.37. The molecular formula is C10H14NO5PS. The highest BCUT2D eigenvalue weighted by Gasteiger charge is 2.31. The Morgan fingerprint density at radius 1 is 1.39 bits per heavy atom. The lowest BCUT2D eigenvalue weighted by Crippen LogP contribution is -2.24. The van der Waals surface area contributed by atoms with E-state index in [1.54, 1.807) is 30.3 Å². The predicted octanol–water partition coefficient (Wildman–Crippen LogP) is 1.44. The van der Waals surface area contributed by atoms with Crippen molar-refractivity contribution < 1.29 is 24.4 Å². The minimum Gasteiger partial charge on any atom is -0.323 e. The maximum atomic E-state index is 11.4. The van der Waals surface area contributed by atoms with Gasteiger partial charge in [-0.3, -0.25) is 14.6 Å². The molecule has 3 N–H and O–H groups in total. The van der Waals surface area contributed by atoms with Crippen molar-refractivity contribution in [1.82, 2.24) is 5.06 Å². The fourth-order valence-electron chi connectivity index (χ4n) is 1.25. The fraction of sp³-hybridized carbons (Fsp3) is 0.300. The standard InChI is InChI=1S/C10H14NO5PS/c1-11(13)9(12)7-18-10(17(14,15)16)8-5-3-2-4-6-8/h2-6,10,13H,7H2,1H3,(H2,14,15,16)/t10-/m1/s1. The topological polar surface area (TPSA) is 98.1 Å². The van der Waals surface area contributed by atoms with Crippen LogP contribution in [0.2, 0.25) is 0 Å². The van der Waals surface area contributed by atoms with Gasteiger partial charge < -0.3 is 9.79 Å². The predicted molar refractivity (Wildman–Crippen MR) is 68.2 cm³/mol. The van der Waals surface area contributed by atoms with Crippen LogP contribution in [0.4, 0.5) is 0 Å². The van der Waals surface area contributed by atoms with Gasteiger partial charge in [-0.2, -0.15) is 0 Å². The van der Waals surface area contributed by atoms with Gasteiger partial charge in [0, 0.05) is 7.05 Å². The van der Waals surface area contributed by atoms with Crippen LogP contribution in [0, 0.1) is 0 Å². The summed E-state index contributed by atoms with van der Waals surface area (Å²) in [6.07, 6.45) is 0. The molecule has 1 aromatic carbocycles. The van der Waals surface area contributed by atoms with Crippen molar-refractivity contribution in [2.24, 2.45) is 0 Å². The molecule has 0 aromatic heterocycles. The zero-order valence-corrected chi connectivity index (χ0v) is 11.3. The van der Waals surface area contributed by atoms with E-state index in [0.717, 1.165) is 18.8 Å². The van der Waals surface area contributed by atoms with Gasteiger partial charge in [-0.1, -0.05) is 30.3 Å². The molecule has 1 amide bonds. The second-order valence-corrected chi connectivity index (χ2v) is 6.72. The van der Waals surface area contributed by atoms with Crippen LogP contribution < -0.4 is 0 Å². The number of hydroxylamine groups is 2. The largest absolute Gasteiger partial charge is 0.342 e. The molecule has 0 bridgehead atoms. The molecule has 0 spiro atoms. The number of hydrogen-bond donors (Lipinski definition) is 3. The van der Waals surface area contributed by atoms with Crippen LogP contribution in [0.25, 0.3) is 0 Å². The van der Waals surface area contributed by atoms with Crippen LogP contribution in [0.15, 0.2) is 30.3 Å². The highest BCUT2D eigenvalue weighted by atomic mass is 32.2. The van der Waals surface area contributed by atoms with Crippen molar-refractivity contribution in [2.75, 3.05) is 12.8 Å². The molecule has 1 aromatic rings. The van der Waals surface area contributed by atoms with E-state index in [4.69, 9.17) is 5.21 Å². The van der Waals surface area contributed by atoms with E-state index in [0.29, 0.717) is 10.6 Å². The van der Waals surface area contributed by atoms with Gasteiger partial charge in [-0.15, -0.1) is 11.8 Å². The molecule has 0 aliphatic rings. The first-order valence-corrected chi connectivity index (χ1v) is 7.72. The molecular weight excluding hydrogens is 277 g/mol. The van der Waals surface area contributed by atoms with Gasteiger partial charge in [0.25, 0.3) is 5.91 Å². The minimum absolute atomic E-state index is 0.211. The second-order valence-electron chi connectivity index (χ2n) is 3.58. The van der Waals surface area contributed by atoms with Gasteiger partial charge >= 0.3 is 7.60 Å². The zero-order chi connectivity index (χ0) is 13.8. The lowest BCUT2D eigenvalue weighted by atomic mass is 10.2. The van der Waals surface area contributed by atoms with Gasteiger partial charge in [0.05, 0.1) is 5.75 Å². The summed E-state index contributed by atoms with van der Waals surface area (Å²) in [6, 6.07) is 8.24. The van der Waals surface area contributed by atoms with Crippen LogP contribution in [0.5, 0.6) is 0 Å². The van der Waals surface area contributed by atoms with Crippen molar-refractivity contribution >= 4 is 25.3 Å². The van der Waals surface area contributed by atoms with E-state index in [1.807, 2.05) is 0 Å². The van der Waals surface area contributed by atoms with E-state index in [2.05, 4.69) is 0 Å². The SMILES string of the molecule is CN(O)C(=O)CS[C@H](c1ccccc1)P(=O)(O)O. The van der Waals surface area contributed by atoms with E-state index >= 15 is 0 Å². The third kappa shape index (κ3) is 4.44. The van der Waals surface area contributed by atoms with Gasteiger partial charge in [-0.05, 0) is 5.56 Å². The smallest absolute Gasteiger partial charge is 0.323 e. The molecule has 0 saturated carbocycles. The molecule has 6 nitrogen and oxygen atoms in total. The zero-order valence-electron chi connectivity index (χ0n) is 9.63. The summed E-state index contributed by atoms with van der Waals surface area (Å²) in [4.78, 5) is 28.7. The molecule has 8 heteroatoms. The molecule has 100 valence electrons. The quantitative estimate of drug-likeness (QED) is 0.431. The highest BCUT2D eigenvalue weighted by molar-refractivity contribution is 8.05. The van der Waals surface area contributed by atoms with Crippen molar-refractivity contribution in [1.29, 1.82) is 0 Å². The molecule has 0 saturated heterocycles. The van der Waals surface area contributed by atoms with Crippen molar-refractivity contribution in [3.63, 3.8) is 0 Å². The monoisotopic (exact) mass is 291 g/mol. The first-order valence-electron chi connectivity index (χ1n) is 4.99. The third-order valence-electron chi connectivity index (χ3n) is 2.12. The van der Waals surface area contributed by atoms with Crippen molar-refractivity contribution in [3.8, 4) is 0 Å². The molecule has 0 radical (unpaired) electrons. The lowest BCUT2D eigenvalue weighted by molar-refractivity contribution is -0.155. The van der Waals surface area contributed by atoms with Crippen LogP contribution in [-0.2, 0) is 9.36 Å². The molecule has 0 unspecified atom stereocenters. The number of amides is 1. The second kappa shape index (κ2) is 6.36. The third-order valence-corrected chi connectivity index (χ3v) is 5.30. The van der Waals surface area contributed by atoms with Gasteiger partial charge in [0.15, 0.2) is 0 Å². The normalized spacial score (nSPS) is 13.1. The Labute approximate surface area is 109 Å². The Kier molecular flexibility index (Phi) is 5.37. The van der Waals surface area contributed by atoms with E-state index in [9.17, 15) is 19.1 Å². The molecule has 0 aliphatic heterocycles. The van der Waals surface area contributed by atoms with Gasteiger partial charge in [-0.25, -0.2) is 5.06 Å². The Balaban J connectivity index is 2.82. The number of thioether (sulfide) groups is 1. The summed E-state index contributed by atoms with van der Waals surface area (Å²) in [5.41, 5.74) is 0.448. The summed E-state index contributed by atoms with van der Waals surface area (Å²) in [5.74, 6) is -0.827. The Morgan fingerprint density at radius 2 is 1.94 bits per heavy atom. The van der Waals surface area contributed by atoms with E-state index in [1.165, 1.54) is 0 Å². The summed E-state index contributed by atoms with van der Waals surface area (Å²) < 4.78 is 11.4. The summed E-state index contributed by atoms with van der Waals surface area (Å²) in [7, 11) is -3.21. The summed E-state index contributed by atoms with van der Waals surface area (Å²) >= 11 is 0.804. The maximum absolute atomic E-state index is 11.4. The van der Waals surface area contributed by atoms with E-state index < -0.39 is 18.5 Å². The fourth-order valence-corrected chi connectivity index (χ4v) is 3.65. The number of carbonyl (C=O) groups excluding carboxylic acids is 1. The van der Waals surface area contributed by atoms with Crippen LogP contribution in [0.1, 0.15) is 10.6 Å². The van der Waals surface area contributed by atoms with E-state index in [-0.39, 0.29) is 5.75 Å². The van der Waals surface area contributed by atoms with Gasteiger partial charge in [0.2, 0.25) is 0 Å². The number of hydrogen-bond acceptors (Lipinski definition) is 4. The van der Waals surface area contributed by atoms with Crippen LogP contribution in [-0.4, -0.2) is 38.8 Å². The first-order chi connectivity index (χ1) is 8.32. The molecule has 1 atom stereocenters. The molecule has 18 heavy (non-hydrogen) atoms. The first kappa shape index (κ1) is 15.2. The number of benzene rings is 1. The maximum Gasteiger partial charge on any atom is 0.342 e. The summed E-state index contributed by atoms with van der Waals surface area (Å²) in [5, 5.41) is 9.28. The molecule has 0 aliphatic carbocycles. The number of carbonyl (C=O) groups is 1. The molecule has 0 fully saturated rings. The average molecular weight is 291 g/mol. The van der Waals surface area contributed by atoms with Crippen LogP contribution in [0.3, 0.4) is 0 Å². The van der Waals surface area contributed by atoms with Crippen molar-refractivity contribution in [2.45, 2.75) is 4.99 Å². The number of nitrogens with zero attached hydrogens (tertiary/aromatic N) is 1. The molecule has 0 heterocycles. The molecule has 1 rings (SSSR count). The lowest BCUT2D eigenvalue weighted by Gasteiger charge is -2.18. The van der Waals surface area contributed by atoms with Crippen LogP contribution >= 0.6 is 19.4 Å². The summed E-state index contributed by atoms with van der Waals surface area (Å²) in [6.45, 7) is 0. The highest BCUT2D eigenvalue weighted by Crippen LogP contribution is 2.57. The average Bonchev–Trinajstić information content (AvgIpc) is 2.28. The Morgan fingerprint density at radius 3 is 2.39 bits per heavy atom. The Hall–Kier alpha value is -0.850.